The van der Waals surface area contributed by atoms with Crippen LogP contribution in [0, 0.1) is 0 Å². The zero-order valence-electron chi connectivity index (χ0n) is 16.7. The average Bonchev–Trinajstić information content (AvgIpc) is 2.80. The molecule has 1 fully saturated rings. The molecule has 0 atom stereocenters. The fraction of sp³-hybridized carbons (Fsp3) is 0.261. The van der Waals surface area contributed by atoms with Crippen LogP contribution in [0.25, 0.3) is 21.9 Å². The molecule has 3 aromatic rings. The van der Waals surface area contributed by atoms with E-state index in [-0.39, 0.29) is 23.8 Å². The van der Waals surface area contributed by atoms with E-state index < -0.39 is 5.97 Å². The molecule has 2 heterocycles. The Morgan fingerprint density at radius 1 is 0.967 bits per heavy atom. The number of carbonyl (C=O) groups is 2. The largest absolute Gasteiger partial charge is 0.451 e. The molecule has 1 aliphatic heterocycles. The first-order valence-corrected chi connectivity index (χ1v) is 9.77. The van der Waals surface area contributed by atoms with Crippen molar-refractivity contribution in [2.75, 3.05) is 32.9 Å². The number of hydrogen-bond acceptors (Lipinski definition) is 5. The summed E-state index contributed by atoms with van der Waals surface area (Å²) < 4.78 is 11.9. The van der Waals surface area contributed by atoms with Crippen LogP contribution in [0.3, 0.4) is 0 Å². The van der Waals surface area contributed by atoms with Gasteiger partial charge in [-0.25, -0.2) is 4.79 Å². The molecule has 0 saturated carbocycles. The standard InChI is InChI=1S/C23H22N2O5/c1-24-21(23(28)30-15-19(26)25-11-13-29-14-12-25)20(16-7-3-2-4-8-16)17-9-5-6-10-18(17)22(24)27/h2-10H,11-15H2,1H3. The minimum absolute atomic E-state index is 0.125. The van der Waals surface area contributed by atoms with Crippen LogP contribution < -0.4 is 5.56 Å². The SMILES string of the molecule is Cn1c(C(=O)OCC(=O)N2CCOCC2)c(-c2ccccc2)c2ccccc2c1=O. The minimum Gasteiger partial charge on any atom is -0.451 e. The molecule has 0 spiro atoms. The lowest BCUT2D eigenvalue weighted by Crippen LogP contribution is -2.42. The lowest BCUT2D eigenvalue weighted by atomic mass is 9.97. The summed E-state index contributed by atoms with van der Waals surface area (Å²) in [5, 5.41) is 1.18. The number of hydrogen-bond donors (Lipinski definition) is 0. The van der Waals surface area contributed by atoms with Gasteiger partial charge in [0, 0.05) is 31.1 Å². The Kier molecular flexibility index (Phi) is 5.63. The van der Waals surface area contributed by atoms with Crippen LogP contribution in [0.15, 0.2) is 59.4 Å². The molecule has 0 N–H and O–H groups in total. The number of amides is 1. The summed E-state index contributed by atoms with van der Waals surface area (Å²) in [4.78, 5) is 39.9. The van der Waals surface area contributed by atoms with Gasteiger partial charge in [-0.1, -0.05) is 48.5 Å². The van der Waals surface area contributed by atoms with Crippen LogP contribution in [-0.4, -0.2) is 54.3 Å². The summed E-state index contributed by atoms with van der Waals surface area (Å²) in [5.74, 6) is -0.987. The van der Waals surface area contributed by atoms with Crippen molar-refractivity contribution in [3.63, 3.8) is 0 Å². The lowest BCUT2D eigenvalue weighted by molar-refractivity contribution is -0.138. The van der Waals surface area contributed by atoms with Gasteiger partial charge in [0.1, 0.15) is 5.69 Å². The Bertz CT molecular complexity index is 1150. The molecule has 0 radical (unpaired) electrons. The van der Waals surface area contributed by atoms with Crippen LogP contribution >= 0.6 is 0 Å². The molecule has 1 amide bonds. The molecule has 1 aromatic heterocycles. The van der Waals surface area contributed by atoms with Gasteiger partial charge in [-0.05, 0) is 17.0 Å². The second-order valence-corrected chi connectivity index (χ2v) is 7.07. The summed E-state index contributed by atoms with van der Waals surface area (Å²) in [7, 11) is 1.54. The van der Waals surface area contributed by atoms with Crippen molar-refractivity contribution in [2.24, 2.45) is 7.05 Å². The zero-order valence-corrected chi connectivity index (χ0v) is 16.7. The van der Waals surface area contributed by atoms with Crippen LogP contribution in [0.1, 0.15) is 10.5 Å². The molecule has 0 aliphatic carbocycles. The highest BCUT2D eigenvalue weighted by atomic mass is 16.5. The molecule has 1 aliphatic rings. The van der Waals surface area contributed by atoms with Crippen LogP contribution in [0.5, 0.6) is 0 Å². The predicted octanol–water partition coefficient (Wildman–Crippen LogP) is 2.22. The molecule has 4 rings (SSSR count). The van der Waals surface area contributed by atoms with Crippen molar-refractivity contribution in [1.29, 1.82) is 0 Å². The Balaban J connectivity index is 1.74. The first kappa shape index (κ1) is 19.8. The highest BCUT2D eigenvalue weighted by Crippen LogP contribution is 2.30. The van der Waals surface area contributed by atoms with Gasteiger partial charge in [0.25, 0.3) is 11.5 Å². The van der Waals surface area contributed by atoms with Crippen LogP contribution in [0.4, 0.5) is 0 Å². The maximum Gasteiger partial charge on any atom is 0.356 e. The second-order valence-electron chi connectivity index (χ2n) is 7.07. The molecule has 7 heteroatoms. The summed E-state index contributed by atoms with van der Waals surface area (Å²) in [6.45, 7) is 1.50. The van der Waals surface area contributed by atoms with Gasteiger partial charge in [-0.15, -0.1) is 0 Å². The molecule has 7 nitrogen and oxygen atoms in total. The third kappa shape index (κ3) is 3.71. The van der Waals surface area contributed by atoms with Gasteiger partial charge in [0.05, 0.1) is 13.2 Å². The molecule has 30 heavy (non-hydrogen) atoms. The van der Waals surface area contributed by atoms with E-state index in [1.54, 1.807) is 24.1 Å². The normalized spacial score (nSPS) is 14.0. The highest BCUT2D eigenvalue weighted by molar-refractivity contribution is 6.06. The third-order valence-corrected chi connectivity index (χ3v) is 5.25. The molecule has 0 bridgehead atoms. The van der Waals surface area contributed by atoms with Crippen LogP contribution in [-0.2, 0) is 21.3 Å². The van der Waals surface area contributed by atoms with E-state index in [2.05, 4.69) is 0 Å². The molecule has 154 valence electrons. The fourth-order valence-electron chi connectivity index (χ4n) is 3.70. The van der Waals surface area contributed by atoms with Crippen molar-refractivity contribution in [2.45, 2.75) is 0 Å². The minimum atomic E-state index is -0.708. The van der Waals surface area contributed by atoms with Crippen molar-refractivity contribution in [3.8, 4) is 11.1 Å². The Morgan fingerprint density at radius 2 is 1.60 bits per heavy atom. The third-order valence-electron chi connectivity index (χ3n) is 5.25. The summed E-state index contributed by atoms with van der Waals surface area (Å²) >= 11 is 0. The number of pyridine rings is 1. The Labute approximate surface area is 173 Å². The first-order valence-electron chi connectivity index (χ1n) is 9.77. The predicted molar refractivity (Wildman–Crippen MR) is 112 cm³/mol. The quantitative estimate of drug-likeness (QED) is 0.621. The van der Waals surface area contributed by atoms with Crippen molar-refractivity contribution >= 4 is 22.6 Å². The number of esters is 1. The van der Waals surface area contributed by atoms with E-state index in [1.807, 2.05) is 42.5 Å². The molecule has 0 unspecified atom stereocenters. The van der Waals surface area contributed by atoms with Crippen LogP contribution in [0.2, 0.25) is 0 Å². The van der Waals surface area contributed by atoms with Crippen molar-refractivity contribution in [3.05, 3.63) is 70.6 Å². The number of fused-ring (bicyclic) bond motifs is 1. The van der Waals surface area contributed by atoms with E-state index in [0.717, 1.165) is 5.56 Å². The Morgan fingerprint density at radius 3 is 2.30 bits per heavy atom. The van der Waals surface area contributed by atoms with Gasteiger partial charge < -0.3 is 18.9 Å². The van der Waals surface area contributed by atoms with Gasteiger partial charge in [0.15, 0.2) is 6.61 Å². The van der Waals surface area contributed by atoms with Gasteiger partial charge >= 0.3 is 5.97 Å². The fourth-order valence-corrected chi connectivity index (χ4v) is 3.70. The number of rotatable bonds is 4. The van der Waals surface area contributed by atoms with E-state index in [1.165, 1.54) is 4.57 Å². The maximum absolute atomic E-state index is 13.1. The molecule has 2 aromatic carbocycles. The van der Waals surface area contributed by atoms with Gasteiger partial charge in [-0.2, -0.15) is 0 Å². The highest BCUT2D eigenvalue weighted by Gasteiger charge is 2.24. The van der Waals surface area contributed by atoms with E-state index in [0.29, 0.717) is 42.6 Å². The topological polar surface area (TPSA) is 77.8 Å². The first-order chi connectivity index (χ1) is 14.6. The monoisotopic (exact) mass is 406 g/mol. The Hall–Kier alpha value is -3.45. The smallest absolute Gasteiger partial charge is 0.356 e. The summed E-state index contributed by atoms with van der Waals surface area (Å²) in [5.41, 5.74) is 1.23. The number of aromatic nitrogens is 1. The van der Waals surface area contributed by atoms with E-state index >= 15 is 0 Å². The zero-order chi connectivity index (χ0) is 21.1. The number of carbonyl (C=O) groups excluding carboxylic acids is 2. The van der Waals surface area contributed by atoms with Gasteiger partial charge in [0.2, 0.25) is 0 Å². The average molecular weight is 406 g/mol. The van der Waals surface area contributed by atoms with Crippen molar-refractivity contribution in [1.82, 2.24) is 9.47 Å². The number of nitrogens with zero attached hydrogens (tertiary/aromatic N) is 2. The number of morpholine rings is 1. The molecular weight excluding hydrogens is 384 g/mol. The van der Waals surface area contributed by atoms with E-state index in [4.69, 9.17) is 9.47 Å². The van der Waals surface area contributed by atoms with E-state index in [9.17, 15) is 14.4 Å². The van der Waals surface area contributed by atoms with Crippen molar-refractivity contribution < 1.29 is 19.1 Å². The molecular formula is C23H22N2O5. The van der Waals surface area contributed by atoms with Gasteiger partial charge in [-0.3, -0.25) is 9.59 Å². The second kappa shape index (κ2) is 8.51. The maximum atomic E-state index is 13.1. The molecule has 1 saturated heterocycles. The number of ether oxygens (including phenoxy) is 2. The summed E-state index contributed by atoms with van der Waals surface area (Å²) in [6, 6.07) is 16.5. The lowest BCUT2D eigenvalue weighted by Gasteiger charge is -2.26. The summed E-state index contributed by atoms with van der Waals surface area (Å²) in [6.07, 6.45) is 0. The number of benzene rings is 2.